The van der Waals surface area contributed by atoms with E-state index in [1.54, 1.807) is 0 Å². The van der Waals surface area contributed by atoms with E-state index in [1.807, 2.05) is 55.1 Å². The van der Waals surface area contributed by atoms with Gasteiger partial charge in [0.15, 0.2) is 0 Å². The van der Waals surface area contributed by atoms with Gasteiger partial charge in [-0.3, -0.25) is 4.79 Å². The summed E-state index contributed by atoms with van der Waals surface area (Å²) in [6.45, 7) is 2.44. The molecule has 1 heterocycles. The summed E-state index contributed by atoms with van der Waals surface area (Å²) < 4.78 is 5.63. The monoisotopic (exact) mass is 327 g/mol. The van der Waals surface area contributed by atoms with Gasteiger partial charge in [0, 0.05) is 10.6 Å². The maximum Gasteiger partial charge on any atom is 0.223 e. The number of fused-ring (bicyclic) bond motifs is 1. The van der Waals surface area contributed by atoms with Gasteiger partial charge in [-0.05, 0) is 37.1 Å². The number of aryl methyl sites for hydroxylation is 1. The van der Waals surface area contributed by atoms with E-state index in [9.17, 15) is 4.79 Å². The number of benzene rings is 2. The van der Waals surface area contributed by atoms with Crippen molar-refractivity contribution < 1.29 is 9.53 Å². The number of thioether (sulfide) groups is 1. The largest absolute Gasteiger partial charge is 0.493 e. The van der Waals surface area contributed by atoms with Crippen LogP contribution in [-0.2, 0) is 4.79 Å². The average Bonchev–Trinajstić information content (AvgIpc) is 2.57. The van der Waals surface area contributed by atoms with Crippen LogP contribution in [0, 0.1) is 6.92 Å². The third-order valence-corrected chi connectivity index (χ3v) is 5.04. The first-order valence-electron chi connectivity index (χ1n) is 7.93. The first kappa shape index (κ1) is 15.9. The molecule has 23 heavy (non-hydrogen) atoms. The van der Waals surface area contributed by atoms with E-state index >= 15 is 0 Å². The van der Waals surface area contributed by atoms with Gasteiger partial charge < -0.3 is 10.1 Å². The Bertz CT molecular complexity index is 669. The molecule has 0 radical (unpaired) electrons. The molecule has 0 bridgehead atoms. The highest BCUT2D eigenvalue weighted by molar-refractivity contribution is 7.99. The van der Waals surface area contributed by atoms with Gasteiger partial charge in [0.05, 0.1) is 19.1 Å². The number of carbonyl (C=O) groups excluding carboxylic acids is 1. The molecular formula is C19H21NO2S. The van der Waals surface area contributed by atoms with Crippen LogP contribution in [0.4, 0.5) is 0 Å². The van der Waals surface area contributed by atoms with Crippen molar-refractivity contribution in [2.75, 3.05) is 12.4 Å². The van der Waals surface area contributed by atoms with Gasteiger partial charge in [-0.2, -0.15) is 0 Å². The van der Waals surface area contributed by atoms with Crippen LogP contribution in [-0.4, -0.2) is 18.3 Å². The maximum absolute atomic E-state index is 12.2. The van der Waals surface area contributed by atoms with Crippen molar-refractivity contribution >= 4 is 17.7 Å². The molecule has 1 aliphatic rings. The molecule has 4 heteroatoms. The minimum atomic E-state index is 0.0452. The predicted octanol–water partition coefficient (Wildman–Crippen LogP) is 4.12. The van der Waals surface area contributed by atoms with E-state index in [0.29, 0.717) is 13.0 Å². The van der Waals surface area contributed by atoms with E-state index in [2.05, 4.69) is 17.4 Å². The Morgan fingerprint density at radius 3 is 2.83 bits per heavy atom. The van der Waals surface area contributed by atoms with Crippen LogP contribution in [0.15, 0.2) is 53.4 Å². The Morgan fingerprint density at radius 1 is 1.22 bits per heavy atom. The lowest BCUT2D eigenvalue weighted by molar-refractivity contribution is -0.122. The fourth-order valence-electron chi connectivity index (χ4n) is 2.65. The standard InChI is InChI=1S/C19H21NO2S/c1-14-6-8-15(9-7-14)22-12-10-19(21)20-17-11-13-23-18-5-3-2-4-16(17)18/h2-9,17H,10-13H2,1H3,(H,20,21)/t17-/m0/s1. The number of ether oxygens (including phenoxy) is 1. The molecule has 0 fully saturated rings. The Balaban J connectivity index is 1.49. The van der Waals surface area contributed by atoms with E-state index in [-0.39, 0.29) is 11.9 Å². The van der Waals surface area contributed by atoms with E-state index in [1.165, 1.54) is 16.0 Å². The summed E-state index contributed by atoms with van der Waals surface area (Å²) in [6, 6.07) is 16.3. The summed E-state index contributed by atoms with van der Waals surface area (Å²) >= 11 is 1.86. The molecule has 1 aliphatic heterocycles. The average molecular weight is 327 g/mol. The van der Waals surface area contributed by atoms with Gasteiger partial charge in [0.25, 0.3) is 0 Å². The molecule has 3 rings (SSSR count). The molecule has 0 aliphatic carbocycles. The maximum atomic E-state index is 12.2. The van der Waals surface area contributed by atoms with Crippen LogP contribution in [0.2, 0.25) is 0 Å². The molecule has 0 saturated heterocycles. The van der Waals surface area contributed by atoms with Crippen molar-refractivity contribution in [2.24, 2.45) is 0 Å². The lowest BCUT2D eigenvalue weighted by Gasteiger charge is -2.25. The van der Waals surface area contributed by atoms with Crippen molar-refractivity contribution in [3.05, 3.63) is 59.7 Å². The third kappa shape index (κ3) is 4.29. The van der Waals surface area contributed by atoms with Gasteiger partial charge >= 0.3 is 0 Å². The highest BCUT2D eigenvalue weighted by Crippen LogP contribution is 2.35. The molecule has 120 valence electrons. The highest BCUT2D eigenvalue weighted by atomic mass is 32.2. The topological polar surface area (TPSA) is 38.3 Å². The zero-order chi connectivity index (χ0) is 16.1. The fraction of sp³-hybridized carbons (Fsp3) is 0.316. The fourth-order valence-corrected chi connectivity index (χ4v) is 3.78. The first-order chi connectivity index (χ1) is 11.2. The van der Waals surface area contributed by atoms with Crippen molar-refractivity contribution in [1.82, 2.24) is 5.32 Å². The smallest absolute Gasteiger partial charge is 0.223 e. The lowest BCUT2D eigenvalue weighted by Crippen LogP contribution is -2.31. The molecule has 1 N–H and O–H groups in total. The summed E-state index contributed by atoms with van der Waals surface area (Å²) in [5, 5.41) is 3.14. The Labute approximate surface area is 141 Å². The van der Waals surface area contributed by atoms with E-state index in [0.717, 1.165) is 17.9 Å². The zero-order valence-electron chi connectivity index (χ0n) is 13.2. The molecule has 3 nitrogen and oxygen atoms in total. The minimum Gasteiger partial charge on any atom is -0.493 e. The summed E-state index contributed by atoms with van der Waals surface area (Å²) in [5.41, 5.74) is 2.43. The molecule has 1 amide bonds. The van der Waals surface area contributed by atoms with E-state index in [4.69, 9.17) is 4.74 Å². The number of carbonyl (C=O) groups is 1. The van der Waals surface area contributed by atoms with Gasteiger partial charge in [0.2, 0.25) is 5.91 Å². The van der Waals surface area contributed by atoms with Crippen LogP contribution in [0.3, 0.4) is 0 Å². The summed E-state index contributed by atoms with van der Waals surface area (Å²) in [6.07, 6.45) is 1.35. The molecule has 1 atom stereocenters. The lowest BCUT2D eigenvalue weighted by atomic mass is 10.0. The second-order valence-corrected chi connectivity index (χ2v) is 6.84. The second kappa shape index (κ2) is 7.55. The number of nitrogens with one attached hydrogen (secondary N) is 1. The summed E-state index contributed by atoms with van der Waals surface area (Å²) in [5.74, 6) is 1.90. The van der Waals surface area contributed by atoms with Gasteiger partial charge in [-0.1, -0.05) is 35.9 Å². The van der Waals surface area contributed by atoms with Gasteiger partial charge in [-0.25, -0.2) is 0 Å². The quantitative estimate of drug-likeness (QED) is 0.898. The molecule has 2 aromatic carbocycles. The normalized spacial score (nSPS) is 16.5. The highest BCUT2D eigenvalue weighted by Gasteiger charge is 2.21. The van der Waals surface area contributed by atoms with Crippen LogP contribution in [0.5, 0.6) is 5.75 Å². The molecule has 2 aromatic rings. The molecule has 0 unspecified atom stereocenters. The summed E-state index contributed by atoms with van der Waals surface area (Å²) in [7, 11) is 0. The predicted molar refractivity (Wildman–Crippen MR) is 94.0 cm³/mol. The molecule has 0 saturated carbocycles. The molecule has 0 spiro atoms. The van der Waals surface area contributed by atoms with Crippen molar-refractivity contribution in [3.8, 4) is 5.75 Å². The number of amides is 1. The Morgan fingerprint density at radius 2 is 2.00 bits per heavy atom. The van der Waals surface area contributed by atoms with Crippen LogP contribution < -0.4 is 10.1 Å². The van der Waals surface area contributed by atoms with Crippen LogP contribution in [0.1, 0.15) is 30.0 Å². The second-order valence-electron chi connectivity index (χ2n) is 5.71. The SMILES string of the molecule is Cc1ccc(OCCC(=O)N[C@H]2CCSc3ccccc32)cc1. The van der Waals surface area contributed by atoms with Crippen LogP contribution in [0.25, 0.3) is 0 Å². The third-order valence-electron chi connectivity index (χ3n) is 3.91. The molecular weight excluding hydrogens is 306 g/mol. The first-order valence-corrected chi connectivity index (χ1v) is 8.91. The Kier molecular flexibility index (Phi) is 5.23. The van der Waals surface area contributed by atoms with Crippen molar-refractivity contribution in [3.63, 3.8) is 0 Å². The van der Waals surface area contributed by atoms with E-state index < -0.39 is 0 Å². The van der Waals surface area contributed by atoms with Crippen molar-refractivity contribution in [2.45, 2.75) is 30.7 Å². The number of hydrogen-bond donors (Lipinski definition) is 1. The van der Waals surface area contributed by atoms with Crippen molar-refractivity contribution in [1.29, 1.82) is 0 Å². The van der Waals surface area contributed by atoms with Gasteiger partial charge in [-0.15, -0.1) is 11.8 Å². The Hall–Kier alpha value is -1.94. The van der Waals surface area contributed by atoms with Gasteiger partial charge in [0.1, 0.15) is 5.75 Å². The number of rotatable bonds is 5. The van der Waals surface area contributed by atoms with Crippen LogP contribution >= 0.6 is 11.8 Å². The zero-order valence-corrected chi connectivity index (χ0v) is 14.1. The minimum absolute atomic E-state index is 0.0452. The molecule has 0 aromatic heterocycles. The summed E-state index contributed by atoms with van der Waals surface area (Å²) in [4.78, 5) is 13.4. The number of hydrogen-bond acceptors (Lipinski definition) is 3.